The molecule has 2 rings (SSSR count). The zero-order chi connectivity index (χ0) is 13.7. The van der Waals surface area contributed by atoms with Gasteiger partial charge in [0.2, 0.25) is 0 Å². The Morgan fingerprint density at radius 2 is 2.26 bits per heavy atom. The van der Waals surface area contributed by atoms with Crippen molar-refractivity contribution in [1.82, 2.24) is 5.43 Å². The maximum atomic E-state index is 11.4. The summed E-state index contributed by atoms with van der Waals surface area (Å²) in [6.07, 6.45) is 2.11. The number of ether oxygens (including phenoxy) is 1. The summed E-state index contributed by atoms with van der Waals surface area (Å²) >= 11 is 0. The summed E-state index contributed by atoms with van der Waals surface area (Å²) in [5.41, 5.74) is 3.08. The summed E-state index contributed by atoms with van der Waals surface area (Å²) in [5, 5.41) is 0. The van der Waals surface area contributed by atoms with Gasteiger partial charge in [-0.3, -0.25) is 15.0 Å². The lowest BCUT2D eigenvalue weighted by molar-refractivity contribution is 0.0922. The van der Waals surface area contributed by atoms with E-state index in [1.165, 1.54) is 6.26 Å². The second kappa shape index (κ2) is 5.83. The van der Waals surface area contributed by atoms with Crippen molar-refractivity contribution in [3.05, 3.63) is 53.5 Å². The molecule has 6 heteroatoms. The van der Waals surface area contributed by atoms with E-state index in [9.17, 15) is 9.59 Å². The third-order valence-corrected chi connectivity index (χ3v) is 2.47. The average molecular weight is 260 g/mol. The number of carbonyl (C=O) groups excluding carboxylic acids is 2. The van der Waals surface area contributed by atoms with Gasteiger partial charge in [-0.2, -0.15) is 0 Å². The van der Waals surface area contributed by atoms with Gasteiger partial charge in [0.25, 0.3) is 0 Å². The van der Waals surface area contributed by atoms with E-state index in [0.717, 1.165) is 6.29 Å². The molecule has 0 atom stereocenters. The quantitative estimate of drug-likeness (QED) is 0.365. The minimum absolute atomic E-state index is 0.106. The van der Waals surface area contributed by atoms with Crippen LogP contribution in [0.25, 0.3) is 0 Å². The van der Waals surface area contributed by atoms with Crippen LogP contribution < -0.4 is 16.0 Å². The molecule has 1 aromatic carbocycles. The van der Waals surface area contributed by atoms with Crippen LogP contribution in [0.4, 0.5) is 0 Å². The molecule has 0 spiro atoms. The number of rotatable bonds is 5. The van der Waals surface area contributed by atoms with E-state index >= 15 is 0 Å². The second-order valence-electron chi connectivity index (χ2n) is 3.73. The van der Waals surface area contributed by atoms with Gasteiger partial charge in [-0.05, 0) is 18.2 Å². The van der Waals surface area contributed by atoms with Crippen molar-refractivity contribution in [2.75, 3.05) is 0 Å². The lowest BCUT2D eigenvalue weighted by Crippen LogP contribution is -2.30. The molecule has 2 aromatic rings. The minimum Gasteiger partial charge on any atom is -0.489 e. The normalized spacial score (nSPS) is 9.95. The largest absolute Gasteiger partial charge is 0.489 e. The summed E-state index contributed by atoms with van der Waals surface area (Å²) in [6.45, 7) is 0.140. The van der Waals surface area contributed by atoms with E-state index in [2.05, 4.69) is 0 Å². The van der Waals surface area contributed by atoms with Crippen LogP contribution in [0, 0.1) is 0 Å². The molecule has 0 aliphatic heterocycles. The van der Waals surface area contributed by atoms with Gasteiger partial charge in [0.05, 0.1) is 6.26 Å². The molecule has 0 saturated heterocycles. The first-order valence-electron chi connectivity index (χ1n) is 5.50. The summed E-state index contributed by atoms with van der Waals surface area (Å²) in [4.78, 5) is 22.0. The van der Waals surface area contributed by atoms with Crippen molar-refractivity contribution in [3.8, 4) is 5.75 Å². The molecule has 0 radical (unpaired) electrons. The van der Waals surface area contributed by atoms with E-state index in [1.54, 1.807) is 30.3 Å². The minimum atomic E-state index is -0.523. The summed E-state index contributed by atoms with van der Waals surface area (Å²) in [5.74, 6) is 5.15. The van der Waals surface area contributed by atoms with Crippen molar-refractivity contribution in [1.29, 1.82) is 0 Å². The van der Waals surface area contributed by atoms with Gasteiger partial charge in [0.15, 0.2) is 5.76 Å². The molecule has 19 heavy (non-hydrogen) atoms. The second-order valence-corrected chi connectivity index (χ2v) is 3.73. The van der Waals surface area contributed by atoms with Crippen LogP contribution in [0.15, 0.2) is 41.0 Å². The maximum absolute atomic E-state index is 11.4. The number of nitrogen functional groups attached to an aromatic ring is 1. The molecule has 98 valence electrons. The van der Waals surface area contributed by atoms with Crippen LogP contribution in [-0.2, 0) is 6.61 Å². The first-order valence-corrected chi connectivity index (χ1v) is 5.50. The topological polar surface area (TPSA) is 94.6 Å². The van der Waals surface area contributed by atoms with Crippen LogP contribution >= 0.6 is 0 Å². The fraction of sp³-hybridized carbons (Fsp3) is 0.0769. The smallest absolute Gasteiger partial charge is 0.301 e. The van der Waals surface area contributed by atoms with Gasteiger partial charge in [-0.15, -0.1) is 0 Å². The molecule has 1 amide bonds. The van der Waals surface area contributed by atoms with Gasteiger partial charge in [0.1, 0.15) is 18.6 Å². The van der Waals surface area contributed by atoms with Gasteiger partial charge >= 0.3 is 5.91 Å². The fourth-order valence-electron chi connectivity index (χ4n) is 1.55. The summed E-state index contributed by atoms with van der Waals surface area (Å²) in [7, 11) is 0. The summed E-state index contributed by atoms with van der Waals surface area (Å²) < 4.78 is 10.5. The van der Waals surface area contributed by atoms with Crippen LogP contribution in [0.5, 0.6) is 5.75 Å². The molecular formula is C13H12N2O4. The molecular weight excluding hydrogens is 248 g/mol. The Kier molecular flexibility index (Phi) is 3.94. The van der Waals surface area contributed by atoms with Crippen molar-refractivity contribution in [2.24, 2.45) is 5.84 Å². The molecule has 0 saturated carbocycles. The Labute approximate surface area is 109 Å². The average Bonchev–Trinajstić information content (AvgIpc) is 2.93. The number of furan rings is 1. The summed E-state index contributed by atoms with van der Waals surface area (Å²) in [6, 6.07) is 8.33. The number of amides is 1. The number of nitrogens with two attached hydrogens (primary N) is 1. The molecule has 6 nitrogen and oxygen atoms in total. The lowest BCUT2D eigenvalue weighted by atomic mass is 10.2. The van der Waals surface area contributed by atoms with Gasteiger partial charge in [-0.25, -0.2) is 5.84 Å². The number of hydrogen-bond acceptors (Lipinski definition) is 5. The molecule has 0 unspecified atom stereocenters. The molecule has 1 heterocycles. The van der Waals surface area contributed by atoms with Crippen molar-refractivity contribution >= 4 is 12.2 Å². The monoisotopic (exact) mass is 260 g/mol. The van der Waals surface area contributed by atoms with E-state index in [4.69, 9.17) is 15.0 Å². The van der Waals surface area contributed by atoms with Crippen molar-refractivity contribution < 1.29 is 18.7 Å². The third kappa shape index (κ3) is 2.99. The Hall–Kier alpha value is -2.60. The SMILES string of the molecule is NNC(=O)c1occc1COc1cccc(C=O)c1. The lowest BCUT2D eigenvalue weighted by Gasteiger charge is -2.06. The highest BCUT2D eigenvalue weighted by Crippen LogP contribution is 2.16. The third-order valence-electron chi connectivity index (χ3n) is 2.47. The Bertz CT molecular complexity index is 592. The zero-order valence-corrected chi connectivity index (χ0v) is 9.96. The Morgan fingerprint density at radius 3 is 3.00 bits per heavy atom. The van der Waals surface area contributed by atoms with Gasteiger partial charge in [0, 0.05) is 11.1 Å². The van der Waals surface area contributed by atoms with Crippen LogP contribution in [0.2, 0.25) is 0 Å². The fourth-order valence-corrected chi connectivity index (χ4v) is 1.55. The molecule has 0 fully saturated rings. The van der Waals surface area contributed by atoms with Crippen LogP contribution in [-0.4, -0.2) is 12.2 Å². The highest BCUT2D eigenvalue weighted by molar-refractivity contribution is 5.92. The Balaban J connectivity index is 2.08. The standard InChI is InChI=1S/C13H12N2O4/c14-15-13(17)12-10(4-5-18-12)8-19-11-3-1-2-9(6-11)7-16/h1-7H,8,14H2,(H,15,17). The van der Waals surface area contributed by atoms with Gasteiger partial charge < -0.3 is 9.15 Å². The molecule has 0 bridgehead atoms. The number of nitrogens with one attached hydrogen (secondary N) is 1. The molecule has 3 N–H and O–H groups in total. The first kappa shape index (κ1) is 12.8. The Morgan fingerprint density at radius 1 is 1.42 bits per heavy atom. The van der Waals surface area contributed by atoms with Crippen LogP contribution in [0.3, 0.4) is 0 Å². The van der Waals surface area contributed by atoms with Crippen molar-refractivity contribution in [3.63, 3.8) is 0 Å². The van der Waals surface area contributed by atoms with E-state index < -0.39 is 5.91 Å². The molecule has 1 aromatic heterocycles. The van der Waals surface area contributed by atoms with E-state index in [0.29, 0.717) is 16.9 Å². The number of aldehydes is 1. The zero-order valence-electron chi connectivity index (χ0n) is 9.96. The molecule has 0 aliphatic carbocycles. The van der Waals surface area contributed by atoms with Crippen molar-refractivity contribution in [2.45, 2.75) is 6.61 Å². The van der Waals surface area contributed by atoms with Gasteiger partial charge in [-0.1, -0.05) is 12.1 Å². The first-order chi connectivity index (χ1) is 9.24. The maximum Gasteiger partial charge on any atom is 0.301 e. The highest BCUT2D eigenvalue weighted by atomic mass is 16.5. The molecule has 0 aliphatic rings. The highest BCUT2D eigenvalue weighted by Gasteiger charge is 2.14. The predicted molar refractivity (Wildman–Crippen MR) is 66.5 cm³/mol. The van der Waals surface area contributed by atoms with Crippen LogP contribution in [0.1, 0.15) is 26.5 Å². The predicted octanol–water partition coefficient (Wildman–Crippen LogP) is 1.27. The number of hydrogen-bond donors (Lipinski definition) is 2. The number of benzene rings is 1. The van der Waals surface area contributed by atoms with E-state index in [1.807, 2.05) is 5.43 Å². The number of carbonyl (C=O) groups is 2. The number of hydrazine groups is 1. The van der Waals surface area contributed by atoms with E-state index in [-0.39, 0.29) is 12.4 Å².